The molecule has 0 fully saturated rings. The van der Waals surface area contributed by atoms with E-state index in [1.165, 1.54) is 0 Å². The average Bonchev–Trinajstić information content (AvgIpc) is 2.85. The van der Waals surface area contributed by atoms with Gasteiger partial charge in [0.1, 0.15) is 0 Å². The highest BCUT2D eigenvalue weighted by molar-refractivity contribution is 5.71. The van der Waals surface area contributed by atoms with Crippen LogP contribution in [0.4, 0.5) is 0 Å². The molecule has 0 aromatic carbocycles. The predicted octanol–water partition coefficient (Wildman–Crippen LogP) is -3.08. The third-order valence-electron chi connectivity index (χ3n) is 6.26. The van der Waals surface area contributed by atoms with Crippen molar-refractivity contribution in [2.24, 2.45) is 22.2 Å². The van der Waals surface area contributed by atoms with E-state index in [9.17, 15) is 50.8 Å². The van der Waals surface area contributed by atoms with Crippen molar-refractivity contribution in [3.05, 3.63) is 0 Å². The molecule has 0 radical (unpaired) electrons. The molecule has 0 bridgehead atoms. The van der Waals surface area contributed by atoms with Gasteiger partial charge >= 0.3 is 5.97 Å². The summed E-state index contributed by atoms with van der Waals surface area (Å²) >= 11 is 0. The first-order valence-electron chi connectivity index (χ1n) is 10.6. The number of hydrogen-bond acceptors (Lipinski definition) is 12. The lowest BCUT2D eigenvalue weighted by Crippen LogP contribution is -2.37. The summed E-state index contributed by atoms with van der Waals surface area (Å²) in [6, 6.07) is 0. The van der Waals surface area contributed by atoms with E-state index in [0.717, 1.165) is 0 Å². The first kappa shape index (κ1) is 31.1. The van der Waals surface area contributed by atoms with Crippen LogP contribution in [0.25, 0.3) is 0 Å². The van der Waals surface area contributed by atoms with Crippen LogP contribution < -0.4 is 0 Å². The van der Waals surface area contributed by atoms with Crippen LogP contribution in [0, 0.1) is 22.2 Å². The second-order valence-corrected chi connectivity index (χ2v) is 8.67. The average molecular weight is 473 g/mol. The van der Waals surface area contributed by atoms with E-state index < -0.39 is 87.6 Å². The molecule has 0 aromatic rings. The maximum atomic E-state index is 12.6. The van der Waals surface area contributed by atoms with Gasteiger partial charge in [0, 0.05) is 16.2 Å². The summed E-state index contributed by atoms with van der Waals surface area (Å²) in [6.07, 6.45) is 0.249. The molecule has 0 aliphatic heterocycles. The van der Waals surface area contributed by atoms with Gasteiger partial charge in [-0.05, 0) is 32.1 Å². The van der Waals surface area contributed by atoms with Gasteiger partial charge < -0.3 is 46.0 Å². The monoisotopic (exact) mass is 472 g/mol. The first-order valence-corrected chi connectivity index (χ1v) is 10.6. The lowest BCUT2D eigenvalue weighted by molar-refractivity contribution is -0.280. The molecule has 0 heterocycles. The van der Waals surface area contributed by atoms with Crippen molar-refractivity contribution in [3.8, 4) is 0 Å². The molecule has 0 aromatic heterocycles. The second-order valence-electron chi connectivity index (χ2n) is 8.67. The van der Waals surface area contributed by atoms with Gasteiger partial charge in [0.25, 0.3) is 0 Å². The van der Waals surface area contributed by atoms with Crippen molar-refractivity contribution < 1.29 is 60.5 Å². The SMILES string of the molecule is O=C(OOCCC(CO)(CO)CO)C(CCC(CO)(CO)CO)CCC(CO)(CO)CO. The minimum absolute atomic E-state index is 0.000255. The fourth-order valence-electron chi connectivity index (χ4n) is 2.93. The van der Waals surface area contributed by atoms with Gasteiger partial charge in [-0.2, -0.15) is 4.89 Å². The molecule has 0 aliphatic carbocycles. The zero-order valence-electron chi connectivity index (χ0n) is 18.4. The molecule has 0 spiro atoms. The van der Waals surface area contributed by atoms with Crippen LogP contribution in [-0.2, 0) is 14.6 Å². The lowest BCUT2D eigenvalue weighted by Gasteiger charge is -2.31. The fraction of sp³-hybridized carbons (Fsp3) is 0.950. The van der Waals surface area contributed by atoms with Crippen LogP contribution in [0.5, 0.6) is 0 Å². The van der Waals surface area contributed by atoms with E-state index in [1.54, 1.807) is 0 Å². The molecular weight excluding hydrogens is 432 g/mol. The van der Waals surface area contributed by atoms with E-state index in [0.29, 0.717) is 0 Å². The van der Waals surface area contributed by atoms with E-state index in [4.69, 9.17) is 9.78 Å². The third kappa shape index (κ3) is 9.14. The van der Waals surface area contributed by atoms with E-state index in [1.807, 2.05) is 0 Å². The topological polar surface area (TPSA) is 218 Å². The van der Waals surface area contributed by atoms with Crippen LogP contribution in [0.2, 0.25) is 0 Å². The summed E-state index contributed by atoms with van der Waals surface area (Å²) in [5.41, 5.74) is -3.63. The van der Waals surface area contributed by atoms with Gasteiger partial charge in [-0.25, -0.2) is 4.79 Å². The Bertz CT molecular complexity index is 440. The molecule has 0 unspecified atom stereocenters. The van der Waals surface area contributed by atoms with Crippen molar-refractivity contribution in [1.82, 2.24) is 0 Å². The molecular formula is C20H40O12. The van der Waals surface area contributed by atoms with Gasteiger partial charge in [-0.3, -0.25) is 4.89 Å². The van der Waals surface area contributed by atoms with Crippen LogP contribution in [0.15, 0.2) is 0 Å². The Morgan fingerprint density at radius 2 is 0.875 bits per heavy atom. The first-order chi connectivity index (χ1) is 15.2. The molecule has 0 amide bonds. The Labute approximate surface area is 187 Å². The van der Waals surface area contributed by atoms with Gasteiger partial charge in [0.15, 0.2) is 0 Å². The smallest absolute Gasteiger partial charge is 0.345 e. The highest BCUT2D eigenvalue weighted by atomic mass is 17.2. The number of aliphatic hydroxyl groups excluding tert-OH is 9. The van der Waals surface area contributed by atoms with Crippen LogP contribution in [0.3, 0.4) is 0 Å². The normalized spacial score (nSPS) is 13.1. The van der Waals surface area contributed by atoms with Gasteiger partial charge in [-0.15, -0.1) is 0 Å². The minimum Gasteiger partial charge on any atom is -0.396 e. The molecule has 32 heavy (non-hydrogen) atoms. The van der Waals surface area contributed by atoms with Crippen LogP contribution >= 0.6 is 0 Å². The Morgan fingerprint density at radius 1 is 0.562 bits per heavy atom. The summed E-state index contributed by atoms with van der Waals surface area (Å²) in [4.78, 5) is 22.3. The molecule has 0 saturated heterocycles. The van der Waals surface area contributed by atoms with Crippen LogP contribution in [-0.4, -0.2) is 118 Å². The van der Waals surface area contributed by atoms with Gasteiger partial charge in [0.05, 0.1) is 72.0 Å². The fourth-order valence-corrected chi connectivity index (χ4v) is 2.93. The molecule has 0 rings (SSSR count). The van der Waals surface area contributed by atoms with Crippen molar-refractivity contribution in [1.29, 1.82) is 0 Å². The Morgan fingerprint density at radius 3 is 1.19 bits per heavy atom. The Hall–Kier alpha value is -0.930. The lowest BCUT2D eigenvalue weighted by atomic mass is 9.79. The summed E-state index contributed by atoms with van der Waals surface area (Å²) in [6.45, 7) is -4.83. The minimum atomic E-state index is -1.22. The highest BCUT2D eigenvalue weighted by Crippen LogP contribution is 2.31. The third-order valence-corrected chi connectivity index (χ3v) is 6.26. The van der Waals surface area contributed by atoms with Crippen LogP contribution in [0.1, 0.15) is 32.1 Å². The molecule has 12 nitrogen and oxygen atoms in total. The van der Waals surface area contributed by atoms with Crippen molar-refractivity contribution in [3.63, 3.8) is 0 Å². The molecule has 0 saturated carbocycles. The number of carbonyl (C=O) groups is 1. The molecule has 12 heteroatoms. The largest absolute Gasteiger partial charge is 0.396 e. The quantitative estimate of drug-likeness (QED) is 0.0489. The summed E-state index contributed by atoms with van der Waals surface area (Å²) < 4.78 is 0. The number of carbonyl (C=O) groups excluding carboxylic acids is 1. The highest BCUT2D eigenvalue weighted by Gasteiger charge is 2.35. The van der Waals surface area contributed by atoms with E-state index in [-0.39, 0.29) is 38.7 Å². The molecule has 9 N–H and O–H groups in total. The maximum absolute atomic E-state index is 12.6. The molecule has 0 atom stereocenters. The summed E-state index contributed by atoms with van der Waals surface area (Å²) in [5, 5.41) is 84.9. The summed E-state index contributed by atoms with van der Waals surface area (Å²) in [7, 11) is 0. The Kier molecular flexibility index (Phi) is 15.4. The van der Waals surface area contributed by atoms with Crippen molar-refractivity contribution in [2.75, 3.05) is 66.1 Å². The number of aliphatic hydroxyl groups is 9. The Balaban J connectivity index is 5.13. The maximum Gasteiger partial charge on any atom is 0.345 e. The van der Waals surface area contributed by atoms with Crippen molar-refractivity contribution in [2.45, 2.75) is 32.1 Å². The standard InChI is InChI=1S/C20H40O12/c21-7-18(8-22,9-23)3-1-16(2-4-19(10-24,11-25)12-26)17(30)32-31-6-5-20(13-27,14-28)15-29/h16,21-29H,1-15H2. The zero-order chi connectivity index (χ0) is 24.7. The predicted molar refractivity (Wildman–Crippen MR) is 110 cm³/mol. The molecule has 0 aliphatic rings. The van der Waals surface area contributed by atoms with Crippen molar-refractivity contribution >= 4 is 5.97 Å². The van der Waals surface area contributed by atoms with E-state index >= 15 is 0 Å². The van der Waals surface area contributed by atoms with E-state index in [2.05, 4.69) is 0 Å². The molecule has 192 valence electrons. The van der Waals surface area contributed by atoms with Gasteiger partial charge in [-0.1, -0.05) is 0 Å². The zero-order valence-corrected chi connectivity index (χ0v) is 18.4. The summed E-state index contributed by atoms with van der Waals surface area (Å²) in [5.74, 6) is -1.70. The second kappa shape index (κ2) is 15.8. The number of rotatable bonds is 20. The number of hydrogen-bond donors (Lipinski definition) is 9. The van der Waals surface area contributed by atoms with Gasteiger partial charge in [0.2, 0.25) is 0 Å².